The molecule has 0 atom stereocenters. The van der Waals surface area contributed by atoms with Gasteiger partial charge < -0.3 is 9.73 Å². The summed E-state index contributed by atoms with van der Waals surface area (Å²) in [6, 6.07) is 0.623. The first-order valence-corrected chi connectivity index (χ1v) is 3.42. The van der Waals surface area contributed by atoms with Crippen molar-refractivity contribution in [3.8, 4) is 0 Å². The summed E-state index contributed by atoms with van der Waals surface area (Å²) in [6.07, 6.45) is 0. The molecule has 3 heteroatoms. The van der Waals surface area contributed by atoms with Crippen LogP contribution in [0, 0.1) is 13.8 Å². The average molecular weight is 140 g/mol. The topological polar surface area (TPSA) is 38.1 Å². The molecule has 0 amide bonds. The molecule has 0 saturated carbocycles. The van der Waals surface area contributed by atoms with Crippen LogP contribution in [-0.4, -0.2) is 11.5 Å². The molecule has 1 N–H and O–H groups in total. The van der Waals surface area contributed by atoms with E-state index < -0.39 is 0 Å². The van der Waals surface area contributed by atoms with Gasteiger partial charge in [-0.3, -0.25) is 0 Å². The molecule has 0 bridgehead atoms. The van der Waals surface area contributed by atoms with Crippen molar-refractivity contribution in [1.29, 1.82) is 0 Å². The quantitative estimate of drug-likeness (QED) is 0.679. The lowest BCUT2D eigenvalue weighted by atomic mass is 10.4. The predicted molar refractivity (Wildman–Crippen MR) is 40.1 cm³/mol. The highest BCUT2D eigenvalue weighted by Crippen LogP contribution is 2.11. The van der Waals surface area contributed by atoms with Crippen LogP contribution in [0.1, 0.15) is 18.4 Å². The van der Waals surface area contributed by atoms with Crippen LogP contribution in [0.25, 0.3) is 0 Å². The number of rotatable bonds is 2. The van der Waals surface area contributed by atoms with Crippen molar-refractivity contribution in [1.82, 2.24) is 4.98 Å². The van der Waals surface area contributed by atoms with Gasteiger partial charge in [0.25, 0.3) is 6.01 Å². The SMILES string of the molecule is CCNc1nc(C)c(C)o1. The highest BCUT2D eigenvalue weighted by molar-refractivity contribution is 5.23. The second kappa shape index (κ2) is 2.73. The van der Waals surface area contributed by atoms with Gasteiger partial charge in [0.05, 0.1) is 5.69 Å². The maximum absolute atomic E-state index is 5.23. The van der Waals surface area contributed by atoms with E-state index in [1.807, 2.05) is 20.8 Å². The van der Waals surface area contributed by atoms with Crippen molar-refractivity contribution in [3.05, 3.63) is 11.5 Å². The molecule has 0 spiro atoms. The summed E-state index contributed by atoms with van der Waals surface area (Å²) in [6.45, 7) is 6.69. The first-order chi connectivity index (χ1) is 4.74. The minimum absolute atomic E-state index is 0.623. The van der Waals surface area contributed by atoms with E-state index in [0.29, 0.717) is 6.01 Å². The van der Waals surface area contributed by atoms with Crippen molar-refractivity contribution in [2.24, 2.45) is 0 Å². The summed E-state index contributed by atoms with van der Waals surface area (Å²) in [7, 11) is 0. The summed E-state index contributed by atoms with van der Waals surface area (Å²) >= 11 is 0. The second-order valence-corrected chi connectivity index (χ2v) is 2.19. The van der Waals surface area contributed by atoms with Crippen LogP contribution in [0.15, 0.2) is 4.42 Å². The number of hydrogen-bond acceptors (Lipinski definition) is 3. The molecule has 0 aliphatic heterocycles. The maximum atomic E-state index is 5.23. The van der Waals surface area contributed by atoms with E-state index in [4.69, 9.17) is 4.42 Å². The van der Waals surface area contributed by atoms with Gasteiger partial charge in [-0.1, -0.05) is 0 Å². The zero-order valence-corrected chi connectivity index (χ0v) is 6.56. The van der Waals surface area contributed by atoms with Crippen molar-refractivity contribution in [2.45, 2.75) is 20.8 Å². The molecule has 1 aromatic rings. The van der Waals surface area contributed by atoms with E-state index in [0.717, 1.165) is 18.0 Å². The Hall–Kier alpha value is -0.990. The Bertz CT molecular complexity index is 198. The van der Waals surface area contributed by atoms with Crippen molar-refractivity contribution >= 4 is 6.01 Å². The fourth-order valence-electron chi connectivity index (χ4n) is 0.700. The fourth-order valence-corrected chi connectivity index (χ4v) is 0.700. The molecule has 0 saturated heterocycles. The van der Waals surface area contributed by atoms with Gasteiger partial charge >= 0.3 is 0 Å². The number of anilines is 1. The molecule has 56 valence electrons. The molecule has 0 fully saturated rings. The third-order valence-corrected chi connectivity index (χ3v) is 1.36. The average Bonchev–Trinajstić information content (AvgIpc) is 2.14. The van der Waals surface area contributed by atoms with Crippen LogP contribution in [0.3, 0.4) is 0 Å². The van der Waals surface area contributed by atoms with Gasteiger partial charge in [-0.2, -0.15) is 4.98 Å². The molecule has 10 heavy (non-hydrogen) atoms. The molecular weight excluding hydrogens is 128 g/mol. The summed E-state index contributed by atoms with van der Waals surface area (Å²) < 4.78 is 5.23. The Balaban J connectivity index is 2.77. The number of nitrogens with zero attached hydrogens (tertiary/aromatic N) is 1. The fraction of sp³-hybridized carbons (Fsp3) is 0.571. The summed E-state index contributed by atoms with van der Waals surface area (Å²) in [5.41, 5.74) is 0.955. The smallest absolute Gasteiger partial charge is 0.294 e. The Morgan fingerprint density at radius 1 is 1.50 bits per heavy atom. The van der Waals surface area contributed by atoms with Crippen molar-refractivity contribution in [2.75, 3.05) is 11.9 Å². The number of oxazole rings is 1. The third-order valence-electron chi connectivity index (χ3n) is 1.36. The molecule has 1 aromatic heterocycles. The molecule has 3 nitrogen and oxygen atoms in total. The van der Waals surface area contributed by atoms with Gasteiger partial charge in [-0.05, 0) is 20.8 Å². The van der Waals surface area contributed by atoms with Crippen LogP contribution in [0.2, 0.25) is 0 Å². The lowest BCUT2D eigenvalue weighted by Gasteiger charge is -1.91. The number of aromatic nitrogens is 1. The van der Waals surface area contributed by atoms with Gasteiger partial charge in [-0.25, -0.2) is 0 Å². The highest BCUT2D eigenvalue weighted by atomic mass is 16.4. The molecule has 0 unspecified atom stereocenters. The number of nitrogens with one attached hydrogen (secondary N) is 1. The van der Waals surface area contributed by atoms with Crippen LogP contribution < -0.4 is 5.32 Å². The van der Waals surface area contributed by atoms with Crippen LogP contribution in [0.4, 0.5) is 6.01 Å². The van der Waals surface area contributed by atoms with Gasteiger partial charge in [0, 0.05) is 6.54 Å². The maximum Gasteiger partial charge on any atom is 0.294 e. The molecular formula is C7H12N2O. The standard InChI is InChI=1S/C7H12N2O/c1-4-8-7-9-5(2)6(3)10-7/h4H2,1-3H3,(H,8,9). The zero-order chi connectivity index (χ0) is 7.56. The third kappa shape index (κ3) is 1.29. The molecule has 0 aromatic carbocycles. The minimum atomic E-state index is 0.623. The van der Waals surface area contributed by atoms with E-state index in [2.05, 4.69) is 10.3 Å². The largest absolute Gasteiger partial charge is 0.429 e. The van der Waals surface area contributed by atoms with E-state index in [1.165, 1.54) is 0 Å². The molecule has 1 heterocycles. The molecule has 0 radical (unpaired) electrons. The lowest BCUT2D eigenvalue weighted by molar-refractivity contribution is 0.539. The van der Waals surface area contributed by atoms with E-state index in [1.54, 1.807) is 0 Å². The van der Waals surface area contributed by atoms with Crippen molar-refractivity contribution in [3.63, 3.8) is 0 Å². The Kier molecular flexibility index (Phi) is 1.94. The zero-order valence-electron chi connectivity index (χ0n) is 6.56. The number of hydrogen-bond donors (Lipinski definition) is 1. The van der Waals surface area contributed by atoms with Gasteiger partial charge in [-0.15, -0.1) is 0 Å². The lowest BCUT2D eigenvalue weighted by Crippen LogP contribution is -1.95. The Morgan fingerprint density at radius 2 is 2.20 bits per heavy atom. The molecule has 0 aliphatic rings. The van der Waals surface area contributed by atoms with E-state index in [9.17, 15) is 0 Å². The van der Waals surface area contributed by atoms with E-state index in [-0.39, 0.29) is 0 Å². The highest BCUT2D eigenvalue weighted by Gasteiger charge is 2.01. The van der Waals surface area contributed by atoms with E-state index >= 15 is 0 Å². The predicted octanol–water partition coefficient (Wildman–Crippen LogP) is 1.72. The first kappa shape index (κ1) is 7.12. The summed E-state index contributed by atoms with van der Waals surface area (Å²) in [4.78, 5) is 4.12. The minimum Gasteiger partial charge on any atom is -0.429 e. The molecule has 0 aliphatic carbocycles. The molecule has 1 rings (SSSR count). The normalized spacial score (nSPS) is 9.90. The van der Waals surface area contributed by atoms with Crippen molar-refractivity contribution < 1.29 is 4.42 Å². The Labute approximate surface area is 60.5 Å². The van der Waals surface area contributed by atoms with Gasteiger partial charge in [0.1, 0.15) is 5.76 Å². The van der Waals surface area contributed by atoms with Crippen LogP contribution in [-0.2, 0) is 0 Å². The van der Waals surface area contributed by atoms with Crippen LogP contribution >= 0.6 is 0 Å². The van der Waals surface area contributed by atoms with Gasteiger partial charge in [0.2, 0.25) is 0 Å². The summed E-state index contributed by atoms with van der Waals surface area (Å²) in [5, 5.41) is 2.99. The van der Waals surface area contributed by atoms with Gasteiger partial charge in [0.15, 0.2) is 0 Å². The van der Waals surface area contributed by atoms with Crippen LogP contribution in [0.5, 0.6) is 0 Å². The Morgan fingerprint density at radius 3 is 2.60 bits per heavy atom. The number of aryl methyl sites for hydroxylation is 2. The summed E-state index contributed by atoms with van der Waals surface area (Å²) in [5.74, 6) is 0.885. The monoisotopic (exact) mass is 140 g/mol. The first-order valence-electron chi connectivity index (χ1n) is 3.42. The second-order valence-electron chi connectivity index (χ2n) is 2.19.